The molecule has 0 saturated carbocycles. The zero-order valence-electron chi connectivity index (χ0n) is 13.2. The van der Waals surface area contributed by atoms with E-state index in [2.05, 4.69) is 5.32 Å². The molecule has 122 valence electrons. The van der Waals surface area contributed by atoms with E-state index in [1.165, 1.54) is 4.90 Å². The van der Waals surface area contributed by atoms with E-state index in [1.807, 2.05) is 54.6 Å². The van der Waals surface area contributed by atoms with Crippen molar-refractivity contribution in [2.24, 2.45) is 0 Å². The lowest BCUT2D eigenvalue weighted by molar-refractivity contribution is -0.131. The average Bonchev–Trinajstić information content (AvgIpc) is 3.09. The van der Waals surface area contributed by atoms with Gasteiger partial charge >= 0.3 is 6.03 Å². The van der Waals surface area contributed by atoms with E-state index in [1.54, 1.807) is 0 Å². The molecule has 2 aliphatic rings. The van der Waals surface area contributed by atoms with Crippen LogP contribution in [0.3, 0.4) is 0 Å². The smallest absolute Gasteiger partial charge is 0.325 e. The summed E-state index contributed by atoms with van der Waals surface area (Å²) in [7, 11) is 0. The van der Waals surface area contributed by atoms with E-state index < -0.39 is 5.54 Å². The van der Waals surface area contributed by atoms with Crippen molar-refractivity contribution in [3.8, 4) is 5.75 Å². The molecule has 24 heavy (non-hydrogen) atoms. The quantitative estimate of drug-likeness (QED) is 0.880. The van der Waals surface area contributed by atoms with Crippen LogP contribution >= 0.6 is 0 Å². The van der Waals surface area contributed by atoms with E-state index in [0.29, 0.717) is 6.42 Å². The second-order valence-electron chi connectivity index (χ2n) is 6.11. The number of carbonyl (C=O) groups excluding carboxylic acids is 2. The Morgan fingerprint density at radius 1 is 1.04 bits per heavy atom. The molecule has 2 aromatic carbocycles. The molecular weight excluding hydrogens is 304 g/mol. The maximum absolute atomic E-state index is 12.9. The summed E-state index contributed by atoms with van der Waals surface area (Å²) in [4.78, 5) is 26.5. The minimum atomic E-state index is -0.888. The highest BCUT2D eigenvalue weighted by atomic mass is 16.5. The van der Waals surface area contributed by atoms with Crippen LogP contribution in [0.4, 0.5) is 4.79 Å². The molecule has 5 nitrogen and oxygen atoms in total. The summed E-state index contributed by atoms with van der Waals surface area (Å²) in [5.74, 6) is 0.555. The molecule has 3 amide bonds. The van der Waals surface area contributed by atoms with Crippen LogP contribution in [-0.4, -0.2) is 30.0 Å². The van der Waals surface area contributed by atoms with Gasteiger partial charge in [0, 0.05) is 0 Å². The zero-order chi connectivity index (χ0) is 16.6. The fourth-order valence-corrected chi connectivity index (χ4v) is 3.56. The Labute approximate surface area is 140 Å². The van der Waals surface area contributed by atoms with Crippen molar-refractivity contribution in [1.82, 2.24) is 10.2 Å². The number of para-hydroxylation sites is 1. The maximum Gasteiger partial charge on any atom is 0.325 e. The number of fused-ring (bicyclic) bond motifs is 2. The maximum atomic E-state index is 12.9. The van der Waals surface area contributed by atoms with Crippen LogP contribution < -0.4 is 10.1 Å². The first-order valence-corrected chi connectivity index (χ1v) is 8.11. The molecule has 1 aliphatic heterocycles. The number of rotatable bonds is 4. The first-order chi connectivity index (χ1) is 11.7. The third kappa shape index (κ3) is 2.24. The highest BCUT2D eigenvalue weighted by molar-refractivity contribution is 6.08. The molecule has 4 rings (SSSR count). The average molecular weight is 322 g/mol. The Balaban J connectivity index is 1.49. The van der Waals surface area contributed by atoms with Crippen LogP contribution in [0.25, 0.3) is 0 Å². The van der Waals surface area contributed by atoms with Crippen LogP contribution in [0, 0.1) is 0 Å². The van der Waals surface area contributed by atoms with E-state index in [-0.39, 0.29) is 25.1 Å². The molecule has 2 aromatic rings. The number of hydrogen-bond donors (Lipinski definition) is 1. The van der Waals surface area contributed by atoms with Crippen molar-refractivity contribution in [3.63, 3.8) is 0 Å². The highest BCUT2D eigenvalue weighted by Crippen LogP contribution is 2.41. The summed E-state index contributed by atoms with van der Waals surface area (Å²) in [6, 6.07) is 16.9. The van der Waals surface area contributed by atoms with Gasteiger partial charge < -0.3 is 10.1 Å². The van der Waals surface area contributed by atoms with Crippen LogP contribution in [0.5, 0.6) is 5.75 Å². The van der Waals surface area contributed by atoms with Gasteiger partial charge in [0.2, 0.25) is 0 Å². The summed E-state index contributed by atoms with van der Waals surface area (Å²) in [5, 5.41) is 2.92. The monoisotopic (exact) mass is 322 g/mol. The number of imide groups is 1. The standard InChI is InChI=1S/C19H18N2O3/c22-17-19(11-10-14-6-4-5-9-16(14)19)20-18(23)21(17)12-13-24-15-7-2-1-3-8-15/h1-9H,10-13H2,(H,20,23). The fourth-order valence-electron chi connectivity index (χ4n) is 3.56. The number of hydrogen-bond acceptors (Lipinski definition) is 3. The number of carbonyl (C=O) groups is 2. The summed E-state index contributed by atoms with van der Waals surface area (Å²) in [6.07, 6.45) is 1.42. The SMILES string of the molecule is O=C1NC2(CCc3ccccc32)C(=O)N1CCOc1ccccc1. The molecule has 0 bridgehead atoms. The third-order valence-corrected chi connectivity index (χ3v) is 4.75. The van der Waals surface area contributed by atoms with Gasteiger partial charge in [0.15, 0.2) is 0 Å². The number of nitrogens with zero attached hydrogens (tertiary/aromatic N) is 1. The molecule has 1 spiro atoms. The van der Waals surface area contributed by atoms with E-state index in [9.17, 15) is 9.59 Å². The van der Waals surface area contributed by atoms with E-state index in [4.69, 9.17) is 4.74 Å². The minimum absolute atomic E-state index is 0.172. The second-order valence-corrected chi connectivity index (χ2v) is 6.11. The lowest BCUT2D eigenvalue weighted by atomic mass is 9.92. The minimum Gasteiger partial charge on any atom is -0.492 e. The Bertz CT molecular complexity index is 790. The Morgan fingerprint density at radius 3 is 2.62 bits per heavy atom. The normalized spacial score (nSPS) is 21.9. The summed E-state index contributed by atoms with van der Waals surface area (Å²) in [5.41, 5.74) is 1.17. The summed E-state index contributed by atoms with van der Waals surface area (Å²) < 4.78 is 5.61. The van der Waals surface area contributed by atoms with Gasteiger partial charge in [-0.15, -0.1) is 0 Å². The molecule has 1 atom stereocenters. The van der Waals surface area contributed by atoms with Gasteiger partial charge in [0.25, 0.3) is 5.91 Å². The van der Waals surface area contributed by atoms with Crippen molar-refractivity contribution < 1.29 is 14.3 Å². The lowest BCUT2D eigenvalue weighted by Crippen LogP contribution is -2.42. The topological polar surface area (TPSA) is 58.6 Å². The van der Waals surface area contributed by atoms with Gasteiger partial charge in [0.05, 0.1) is 6.54 Å². The van der Waals surface area contributed by atoms with Crippen LogP contribution in [0.2, 0.25) is 0 Å². The lowest BCUT2D eigenvalue weighted by Gasteiger charge is -2.22. The highest BCUT2D eigenvalue weighted by Gasteiger charge is 2.54. The molecule has 1 heterocycles. The molecule has 5 heteroatoms. The number of urea groups is 1. The third-order valence-electron chi connectivity index (χ3n) is 4.75. The van der Waals surface area contributed by atoms with Crippen LogP contribution in [-0.2, 0) is 16.8 Å². The molecule has 1 unspecified atom stereocenters. The predicted molar refractivity (Wildman–Crippen MR) is 88.6 cm³/mol. The number of amides is 3. The Morgan fingerprint density at radius 2 is 1.79 bits per heavy atom. The molecule has 1 aliphatic carbocycles. The van der Waals surface area contributed by atoms with Crippen molar-refractivity contribution in [2.45, 2.75) is 18.4 Å². The van der Waals surface area contributed by atoms with Crippen molar-refractivity contribution >= 4 is 11.9 Å². The number of aryl methyl sites for hydroxylation is 1. The Hall–Kier alpha value is -2.82. The largest absolute Gasteiger partial charge is 0.492 e. The van der Waals surface area contributed by atoms with Crippen LogP contribution in [0.1, 0.15) is 17.5 Å². The van der Waals surface area contributed by atoms with Gasteiger partial charge in [-0.1, -0.05) is 42.5 Å². The molecule has 1 fully saturated rings. The molecule has 1 saturated heterocycles. The Kier molecular flexibility index (Phi) is 3.49. The van der Waals surface area contributed by atoms with Crippen molar-refractivity contribution in [1.29, 1.82) is 0 Å². The first-order valence-electron chi connectivity index (χ1n) is 8.11. The summed E-state index contributed by atoms with van der Waals surface area (Å²) >= 11 is 0. The van der Waals surface area contributed by atoms with Crippen LogP contribution in [0.15, 0.2) is 54.6 Å². The number of ether oxygens (including phenoxy) is 1. The number of nitrogens with one attached hydrogen (secondary N) is 1. The number of benzene rings is 2. The predicted octanol–water partition coefficient (Wildman–Crippen LogP) is 2.46. The molecule has 0 aromatic heterocycles. The van der Waals surface area contributed by atoms with E-state index >= 15 is 0 Å². The van der Waals surface area contributed by atoms with E-state index in [0.717, 1.165) is 23.3 Å². The molecular formula is C19H18N2O3. The molecule has 0 radical (unpaired) electrons. The second kappa shape index (κ2) is 5.67. The fraction of sp³-hybridized carbons (Fsp3) is 0.263. The van der Waals surface area contributed by atoms with Gasteiger partial charge in [-0.3, -0.25) is 9.69 Å². The first kappa shape index (κ1) is 14.8. The zero-order valence-corrected chi connectivity index (χ0v) is 13.2. The van der Waals surface area contributed by atoms with Gasteiger partial charge in [-0.2, -0.15) is 0 Å². The van der Waals surface area contributed by atoms with Gasteiger partial charge in [0.1, 0.15) is 17.9 Å². The van der Waals surface area contributed by atoms with Crippen molar-refractivity contribution in [2.75, 3.05) is 13.2 Å². The van der Waals surface area contributed by atoms with Gasteiger partial charge in [-0.05, 0) is 36.1 Å². The van der Waals surface area contributed by atoms with Gasteiger partial charge in [-0.25, -0.2) is 4.79 Å². The summed E-state index contributed by atoms with van der Waals surface area (Å²) in [6.45, 7) is 0.518. The molecule has 1 N–H and O–H groups in total. The van der Waals surface area contributed by atoms with Crippen molar-refractivity contribution in [3.05, 3.63) is 65.7 Å².